The number of pyridine rings is 1. The van der Waals surface area contributed by atoms with Gasteiger partial charge in [0, 0.05) is 19.3 Å². The number of benzene rings is 1. The van der Waals surface area contributed by atoms with Crippen LogP contribution in [0.15, 0.2) is 37.0 Å². The second-order valence-electron chi connectivity index (χ2n) is 8.52. The number of imidazole rings is 1. The number of alkyl halides is 3. The predicted molar refractivity (Wildman–Crippen MR) is 130 cm³/mol. The van der Waals surface area contributed by atoms with Crippen molar-refractivity contribution >= 4 is 39.8 Å². The molecule has 12 heteroatoms. The third-order valence-electron chi connectivity index (χ3n) is 6.17. The molecular formula is C25H22ClF3N6Na2. The van der Waals surface area contributed by atoms with Crippen molar-refractivity contribution in [1.29, 1.82) is 0 Å². The van der Waals surface area contributed by atoms with E-state index in [1.165, 1.54) is 4.40 Å². The number of piperidine rings is 1. The average Bonchev–Trinajstić information content (AvgIpc) is 3.31. The fourth-order valence-electron chi connectivity index (χ4n) is 4.46. The van der Waals surface area contributed by atoms with Crippen LogP contribution in [0.25, 0.3) is 16.6 Å². The topological polar surface area (TPSA) is 58.4 Å². The molecule has 4 heterocycles. The summed E-state index contributed by atoms with van der Waals surface area (Å²) in [6.07, 6.45) is 2.24. The van der Waals surface area contributed by atoms with Crippen LogP contribution < -0.4 is 69.3 Å². The quantitative estimate of drug-likeness (QED) is 0.222. The Labute approximate surface area is 262 Å². The molecule has 0 amide bonds. The Balaban J connectivity index is 0.00000190. The predicted octanol–water partition coefficient (Wildman–Crippen LogP) is 0.259. The Morgan fingerprint density at radius 1 is 1.11 bits per heavy atom. The molecule has 1 N–H and O–H groups in total. The first-order chi connectivity index (χ1) is 16.8. The van der Waals surface area contributed by atoms with Crippen LogP contribution in [0.1, 0.15) is 49.2 Å². The van der Waals surface area contributed by atoms with Gasteiger partial charge in [-0.05, 0) is 36.9 Å². The molecule has 1 saturated heterocycles. The van der Waals surface area contributed by atoms with Gasteiger partial charge in [-0.2, -0.15) is 37.9 Å². The van der Waals surface area contributed by atoms with Crippen molar-refractivity contribution < 1.29 is 72.3 Å². The molecule has 6 nitrogen and oxygen atoms in total. The first kappa shape index (κ1) is 30.2. The molecule has 1 fully saturated rings. The van der Waals surface area contributed by atoms with Crippen molar-refractivity contribution in [2.24, 2.45) is 0 Å². The fourth-order valence-corrected chi connectivity index (χ4v) is 4.61. The molecule has 0 aliphatic carbocycles. The molecular weight excluding hydrogens is 523 g/mol. The van der Waals surface area contributed by atoms with E-state index in [0.29, 0.717) is 33.4 Å². The summed E-state index contributed by atoms with van der Waals surface area (Å²) in [6.45, 7) is 7.06. The van der Waals surface area contributed by atoms with E-state index in [9.17, 15) is 13.2 Å². The monoisotopic (exact) mass is 544 g/mol. The van der Waals surface area contributed by atoms with Gasteiger partial charge in [-0.3, -0.25) is 9.38 Å². The van der Waals surface area contributed by atoms with E-state index < -0.39 is 11.9 Å². The maximum absolute atomic E-state index is 13.6. The zero-order valence-electron chi connectivity index (χ0n) is 21.0. The third-order valence-corrected chi connectivity index (χ3v) is 6.38. The minimum absolute atomic E-state index is 0. The van der Waals surface area contributed by atoms with Crippen LogP contribution in [-0.2, 0) is 6.18 Å². The zero-order chi connectivity index (χ0) is 24.7. The molecule has 1 unspecified atom stereocenters. The van der Waals surface area contributed by atoms with Crippen molar-refractivity contribution in [3.63, 3.8) is 0 Å². The number of anilines is 2. The summed E-state index contributed by atoms with van der Waals surface area (Å²) in [7, 11) is 0. The van der Waals surface area contributed by atoms with Crippen molar-refractivity contribution in [3.05, 3.63) is 71.3 Å². The number of rotatable bonds is 5. The van der Waals surface area contributed by atoms with Crippen molar-refractivity contribution in [1.82, 2.24) is 19.4 Å². The molecule has 5 rings (SSSR count). The SMILES string of the molecule is C=[C-]c1nc(Cl)ccc1NC(C)c1c[c-]cc2c1nc(N1CCCCC1)n1cc(C(F)(F)F)nc21.[Na+].[Na+]. The Kier molecular flexibility index (Phi) is 9.99. The van der Waals surface area contributed by atoms with Crippen LogP contribution in [-0.4, -0.2) is 32.4 Å². The summed E-state index contributed by atoms with van der Waals surface area (Å²) in [5.74, 6) is 0.461. The van der Waals surface area contributed by atoms with E-state index in [1.54, 1.807) is 24.3 Å². The number of aromatic nitrogens is 4. The number of halogens is 4. The fraction of sp³-hybridized carbons (Fsp3) is 0.320. The van der Waals surface area contributed by atoms with Gasteiger partial charge in [0.15, 0.2) is 5.69 Å². The second-order valence-corrected chi connectivity index (χ2v) is 8.91. The van der Waals surface area contributed by atoms with Crippen LogP contribution >= 0.6 is 11.6 Å². The first-order valence-electron chi connectivity index (χ1n) is 11.3. The summed E-state index contributed by atoms with van der Waals surface area (Å²) in [5, 5.41) is 4.19. The van der Waals surface area contributed by atoms with Gasteiger partial charge in [-0.1, -0.05) is 35.3 Å². The Morgan fingerprint density at radius 2 is 1.84 bits per heavy atom. The number of nitrogens with zero attached hydrogens (tertiary/aromatic N) is 5. The Bertz CT molecular complexity index is 1420. The Hall–Kier alpha value is -1.33. The Morgan fingerprint density at radius 3 is 2.51 bits per heavy atom. The summed E-state index contributed by atoms with van der Waals surface area (Å²) in [6, 6.07) is 9.63. The van der Waals surface area contributed by atoms with Gasteiger partial charge < -0.3 is 10.2 Å². The molecule has 4 aromatic rings. The summed E-state index contributed by atoms with van der Waals surface area (Å²) in [4.78, 5) is 15.1. The van der Waals surface area contributed by atoms with E-state index >= 15 is 0 Å². The van der Waals surface area contributed by atoms with Gasteiger partial charge in [-0.25, -0.2) is 16.0 Å². The summed E-state index contributed by atoms with van der Waals surface area (Å²) < 4.78 is 42.2. The van der Waals surface area contributed by atoms with Gasteiger partial charge in [0.2, 0.25) is 5.95 Å². The van der Waals surface area contributed by atoms with Crippen LogP contribution in [0.5, 0.6) is 0 Å². The zero-order valence-corrected chi connectivity index (χ0v) is 25.7. The first-order valence-corrected chi connectivity index (χ1v) is 11.6. The second kappa shape index (κ2) is 12.2. The number of nitrogens with one attached hydrogen (secondary N) is 1. The van der Waals surface area contributed by atoms with Crippen molar-refractivity contribution in [2.45, 2.75) is 38.4 Å². The van der Waals surface area contributed by atoms with Crippen molar-refractivity contribution in [2.75, 3.05) is 23.3 Å². The van der Waals surface area contributed by atoms with E-state index in [2.05, 4.69) is 34.0 Å². The van der Waals surface area contributed by atoms with E-state index in [-0.39, 0.29) is 70.8 Å². The van der Waals surface area contributed by atoms with E-state index in [1.807, 2.05) is 11.8 Å². The number of fused-ring (bicyclic) bond motifs is 3. The van der Waals surface area contributed by atoms with Crippen LogP contribution in [0, 0.1) is 12.1 Å². The molecule has 0 spiro atoms. The van der Waals surface area contributed by atoms with Gasteiger partial charge in [0.1, 0.15) is 5.15 Å². The normalized spacial score (nSPS) is 14.7. The number of hydrogen-bond donors (Lipinski definition) is 1. The molecule has 1 aliphatic rings. The summed E-state index contributed by atoms with van der Waals surface area (Å²) in [5.41, 5.74) is 1.75. The third kappa shape index (κ3) is 6.13. The van der Waals surface area contributed by atoms with Crippen LogP contribution in [0.2, 0.25) is 5.15 Å². The molecule has 0 saturated carbocycles. The average molecular weight is 545 g/mol. The van der Waals surface area contributed by atoms with Gasteiger partial charge in [0.05, 0.1) is 5.65 Å². The molecule has 182 valence electrons. The number of hydrogen-bond acceptors (Lipinski definition) is 5. The molecule has 37 heavy (non-hydrogen) atoms. The maximum Gasteiger partial charge on any atom is 1.00 e. The molecule has 1 aliphatic heterocycles. The molecule has 1 atom stereocenters. The van der Waals surface area contributed by atoms with Crippen LogP contribution in [0.3, 0.4) is 0 Å². The van der Waals surface area contributed by atoms with Gasteiger partial charge in [-0.15, -0.1) is 11.6 Å². The minimum Gasteiger partial charge on any atom is -0.463 e. The molecule has 3 aromatic heterocycles. The standard InChI is InChI=1S/C25H22ClF3N6.2Na/c1-3-18-19(10-11-21(26)31-18)30-15(2)16-8-7-9-17-22(16)33-24(34-12-5-4-6-13-34)35-14-20(25(27,28)29)32-23(17)35;;/h8-11,14-15,30H,1,4-6,12-13H2,2H3;;/q-2;2*+1. The van der Waals surface area contributed by atoms with Gasteiger partial charge in [0.25, 0.3) is 0 Å². The van der Waals surface area contributed by atoms with Crippen LogP contribution in [0.4, 0.5) is 24.8 Å². The van der Waals surface area contributed by atoms with Crippen molar-refractivity contribution in [3.8, 4) is 0 Å². The van der Waals surface area contributed by atoms with E-state index in [0.717, 1.165) is 44.1 Å². The summed E-state index contributed by atoms with van der Waals surface area (Å²) >= 11 is 5.99. The molecule has 0 bridgehead atoms. The smallest absolute Gasteiger partial charge is 0.463 e. The van der Waals surface area contributed by atoms with Gasteiger partial charge >= 0.3 is 65.3 Å². The van der Waals surface area contributed by atoms with E-state index in [4.69, 9.17) is 16.6 Å². The molecule has 0 radical (unpaired) electrons. The largest absolute Gasteiger partial charge is 1.00 e. The maximum atomic E-state index is 13.6. The minimum atomic E-state index is -4.56. The molecule has 1 aromatic carbocycles.